The molecular formula is C33H44N4O3. The van der Waals surface area contributed by atoms with E-state index >= 15 is 0 Å². The molecule has 0 amide bonds. The Bertz CT molecular complexity index is 1310. The molecule has 40 heavy (non-hydrogen) atoms. The van der Waals surface area contributed by atoms with Gasteiger partial charge < -0.3 is 14.8 Å². The molecule has 7 heteroatoms. The van der Waals surface area contributed by atoms with Gasteiger partial charge in [0.05, 0.1) is 6.10 Å². The molecule has 1 N–H and O–H groups in total. The normalized spacial score (nSPS) is 16.7. The van der Waals surface area contributed by atoms with E-state index in [1.54, 1.807) is 0 Å². The smallest absolute Gasteiger partial charge is 0.328 e. The van der Waals surface area contributed by atoms with Gasteiger partial charge in [-0.25, -0.2) is 9.78 Å². The number of aromatic nitrogens is 2. The Hall–Kier alpha value is -3.03. The first-order valence-corrected chi connectivity index (χ1v) is 15.0. The average molecular weight is 545 g/mol. The minimum Gasteiger partial charge on any atom is -0.459 e. The number of anilines is 1. The zero-order valence-electron chi connectivity index (χ0n) is 24.5. The third-order valence-electron chi connectivity index (χ3n) is 7.81. The van der Waals surface area contributed by atoms with E-state index in [9.17, 15) is 4.79 Å². The maximum absolute atomic E-state index is 13.5. The number of rotatable bonds is 11. The summed E-state index contributed by atoms with van der Waals surface area (Å²) >= 11 is 0. The fourth-order valence-corrected chi connectivity index (χ4v) is 5.77. The number of carbonyl (C=O) groups excluding carboxylic acids is 1. The number of likely N-dealkylation sites (tertiary alicyclic amines) is 1. The first kappa shape index (κ1) is 28.5. The highest BCUT2D eigenvalue weighted by atomic mass is 16.6. The first-order valence-electron chi connectivity index (χ1n) is 15.0. The third kappa shape index (κ3) is 6.81. The molecule has 0 spiro atoms. The SMILES string of the molecule is CCc1nccc2c(C(C(=O)OC(C)(C)C)N3CC(OCCCCCc4ccc5c(n4)NCCC5)C3)cccc12. The van der Waals surface area contributed by atoms with Crippen LogP contribution in [0.3, 0.4) is 0 Å². The molecule has 2 aliphatic heterocycles. The van der Waals surface area contributed by atoms with Crippen LogP contribution in [-0.4, -0.2) is 58.8 Å². The summed E-state index contributed by atoms with van der Waals surface area (Å²) in [5.74, 6) is 0.872. The molecule has 7 nitrogen and oxygen atoms in total. The second kappa shape index (κ2) is 12.6. The van der Waals surface area contributed by atoms with Crippen LogP contribution in [0.5, 0.6) is 0 Å². The summed E-state index contributed by atoms with van der Waals surface area (Å²) in [6, 6.07) is 12.1. The zero-order valence-corrected chi connectivity index (χ0v) is 24.5. The Kier molecular flexibility index (Phi) is 9.01. The Morgan fingerprint density at radius 1 is 1.10 bits per heavy atom. The molecule has 0 radical (unpaired) electrons. The summed E-state index contributed by atoms with van der Waals surface area (Å²) in [6.07, 6.45) is 9.42. The predicted octanol–water partition coefficient (Wildman–Crippen LogP) is 6.05. The molecule has 2 aliphatic rings. The number of pyridine rings is 2. The van der Waals surface area contributed by atoms with Gasteiger partial charge in [-0.1, -0.05) is 37.6 Å². The van der Waals surface area contributed by atoms with Gasteiger partial charge in [0.1, 0.15) is 17.5 Å². The highest BCUT2D eigenvalue weighted by Crippen LogP contribution is 2.35. The summed E-state index contributed by atoms with van der Waals surface area (Å²) in [5.41, 5.74) is 3.99. The van der Waals surface area contributed by atoms with E-state index in [-0.39, 0.29) is 12.1 Å². The molecule has 2 aromatic heterocycles. The Morgan fingerprint density at radius 3 is 2.75 bits per heavy atom. The van der Waals surface area contributed by atoms with Crippen LogP contribution < -0.4 is 5.32 Å². The Labute approximate surface area is 238 Å². The number of nitrogens with one attached hydrogen (secondary N) is 1. The number of ether oxygens (including phenoxy) is 2. The van der Waals surface area contributed by atoms with Gasteiger partial charge in [-0.05, 0) is 87.9 Å². The van der Waals surface area contributed by atoms with Gasteiger partial charge in [0.15, 0.2) is 0 Å². The van der Waals surface area contributed by atoms with E-state index in [0.29, 0.717) is 0 Å². The maximum Gasteiger partial charge on any atom is 0.328 e. The molecule has 1 atom stereocenters. The number of aryl methyl sites for hydroxylation is 3. The van der Waals surface area contributed by atoms with Gasteiger partial charge in [-0.2, -0.15) is 0 Å². The second-order valence-electron chi connectivity index (χ2n) is 12.1. The largest absolute Gasteiger partial charge is 0.459 e. The van der Waals surface area contributed by atoms with Crippen molar-refractivity contribution < 1.29 is 14.3 Å². The monoisotopic (exact) mass is 544 g/mol. The minimum absolute atomic E-state index is 0.140. The van der Waals surface area contributed by atoms with Crippen LogP contribution in [-0.2, 0) is 33.5 Å². The van der Waals surface area contributed by atoms with Crippen molar-refractivity contribution in [1.29, 1.82) is 0 Å². The molecule has 0 saturated carbocycles. The lowest BCUT2D eigenvalue weighted by Gasteiger charge is -2.43. The number of fused-ring (bicyclic) bond motifs is 2. The summed E-state index contributed by atoms with van der Waals surface area (Å²) in [7, 11) is 0. The van der Waals surface area contributed by atoms with Crippen molar-refractivity contribution in [2.24, 2.45) is 0 Å². The second-order valence-corrected chi connectivity index (χ2v) is 12.1. The number of hydrogen-bond acceptors (Lipinski definition) is 7. The van der Waals surface area contributed by atoms with Gasteiger partial charge in [-0.3, -0.25) is 9.88 Å². The van der Waals surface area contributed by atoms with Crippen molar-refractivity contribution in [2.45, 2.75) is 90.4 Å². The van der Waals surface area contributed by atoms with Gasteiger partial charge in [0.2, 0.25) is 0 Å². The molecule has 1 fully saturated rings. The Morgan fingerprint density at radius 2 is 1.95 bits per heavy atom. The van der Waals surface area contributed by atoms with Gasteiger partial charge >= 0.3 is 5.97 Å². The van der Waals surface area contributed by atoms with Crippen molar-refractivity contribution in [2.75, 3.05) is 31.6 Å². The van der Waals surface area contributed by atoms with E-state index in [1.807, 2.05) is 39.1 Å². The van der Waals surface area contributed by atoms with Crippen LogP contribution in [0.2, 0.25) is 0 Å². The van der Waals surface area contributed by atoms with Crippen molar-refractivity contribution in [3.8, 4) is 0 Å². The van der Waals surface area contributed by atoms with Crippen molar-refractivity contribution in [3.63, 3.8) is 0 Å². The van der Waals surface area contributed by atoms with E-state index < -0.39 is 11.6 Å². The van der Waals surface area contributed by atoms with E-state index in [0.717, 1.165) is 92.6 Å². The number of benzene rings is 1. The highest BCUT2D eigenvalue weighted by molar-refractivity contribution is 5.92. The van der Waals surface area contributed by atoms with Crippen molar-refractivity contribution in [3.05, 3.63) is 65.1 Å². The third-order valence-corrected chi connectivity index (χ3v) is 7.81. The van der Waals surface area contributed by atoms with Gasteiger partial charge in [-0.15, -0.1) is 0 Å². The van der Waals surface area contributed by atoms with Crippen molar-refractivity contribution in [1.82, 2.24) is 14.9 Å². The van der Waals surface area contributed by atoms with E-state index in [2.05, 4.69) is 46.4 Å². The van der Waals surface area contributed by atoms with Crippen LogP contribution in [0.15, 0.2) is 42.6 Å². The molecule has 1 saturated heterocycles. The summed E-state index contributed by atoms with van der Waals surface area (Å²) in [6.45, 7) is 11.1. The summed E-state index contributed by atoms with van der Waals surface area (Å²) in [4.78, 5) is 25.0. The van der Waals surface area contributed by atoms with Crippen LogP contribution in [0.25, 0.3) is 10.8 Å². The van der Waals surface area contributed by atoms with Crippen LogP contribution in [0.4, 0.5) is 5.82 Å². The van der Waals surface area contributed by atoms with Crippen LogP contribution in [0.1, 0.15) is 81.9 Å². The maximum atomic E-state index is 13.5. The fourth-order valence-electron chi connectivity index (χ4n) is 5.77. The molecular weight excluding hydrogens is 500 g/mol. The summed E-state index contributed by atoms with van der Waals surface area (Å²) in [5, 5.41) is 5.60. The van der Waals surface area contributed by atoms with Crippen LogP contribution in [0, 0.1) is 0 Å². The highest BCUT2D eigenvalue weighted by Gasteiger charge is 2.40. The number of nitrogens with zero attached hydrogens (tertiary/aromatic N) is 3. The number of esters is 1. The topological polar surface area (TPSA) is 76.6 Å². The quantitative estimate of drug-likeness (QED) is 0.233. The predicted molar refractivity (Wildman–Crippen MR) is 160 cm³/mol. The van der Waals surface area contributed by atoms with Crippen molar-refractivity contribution >= 4 is 22.6 Å². The van der Waals surface area contributed by atoms with Gasteiger partial charge in [0, 0.05) is 49.2 Å². The number of unbranched alkanes of at least 4 members (excludes halogenated alkanes) is 2. The lowest BCUT2D eigenvalue weighted by atomic mass is 9.94. The molecule has 1 unspecified atom stereocenters. The van der Waals surface area contributed by atoms with Crippen LogP contribution >= 0.6 is 0 Å². The molecule has 0 aliphatic carbocycles. The number of hydrogen-bond donors (Lipinski definition) is 1. The molecule has 214 valence electrons. The number of carbonyl (C=O) groups is 1. The van der Waals surface area contributed by atoms with Gasteiger partial charge in [0.25, 0.3) is 0 Å². The lowest BCUT2D eigenvalue weighted by Crippen LogP contribution is -2.55. The molecule has 4 heterocycles. The molecule has 5 rings (SSSR count). The standard InChI is InChI=1S/C33H44N4O3/c1-5-29-27-13-9-14-28(26(27)17-19-34-29)30(32(38)40-33(2,3)4)37-21-25(22-37)39-20-8-6-7-12-24-16-15-23-11-10-18-35-31(23)36-24/h9,13-17,19,25,30H,5-8,10-12,18,20-22H2,1-4H3,(H,35,36). The minimum atomic E-state index is -0.554. The van der Waals surface area contributed by atoms with E-state index in [1.165, 1.54) is 17.7 Å². The molecule has 3 aromatic rings. The molecule has 0 bridgehead atoms. The average Bonchev–Trinajstić information content (AvgIpc) is 2.91. The molecule has 1 aromatic carbocycles. The zero-order chi connectivity index (χ0) is 28.1. The van der Waals surface area contributed by atoms with E-state index in [4.69, 9.17) is 14.5 Å². The Balaban J connectivity index is 1.13. The fraction of sp³-hybridized carbons (Fsp3) is 0.545. The summed E-state index contributed by atoms with van der Waals surface area (Å²) < 4.78 is 12.1. The first-order chi connectivity index (χ1) is 19.3. The lowest BCUT2D eigenvalue weighted by molar-refractivity contribution is -0.168.